The Balaban J connectivity index is 2.01. The van der Waals surface area contributed by atoms with Crippen LogP contribution in [0.4, 0.5) is 4.79 Å². The van der Waals surface area contributed by atoms with Gasteiger partial charge in [-0.3, -0.25) is 0 Å². The van der Waals surface area contributed by atoms with E-state index in [2.05, 4.69) is 31.3 Å². The van der Waals surface area contributed by atoms with Crippen molar-refractivity contribution >= 4 is 27.7 Å². The quantitative estimate of drug-likeness (QED) is 0.872. The molecule has 0 aliphatic rings. The second-order valence-corrected chi connectivity index (χ2v) is 5.95. The molecule has 2 rings (SSSR count). The minimum Gasteiger partial charge on any atom is -0.444 e. The number of rotatable bonds is 3. The van der Waals surface area contributed by atoms with Crippen LogP contribution < -0.4 is 5.32 Å². The Hall–Kier alpha value is -1.63. The number of alkyl carbamates (subject to hydrolysis) is 1. The summed E-state index contributed by atoms with van der Waals surface area (Å²) in [5.74, 6) is 0. The van der Waals surface area contributed by atoms with Gasteiger partial charge in [-0.2, -0.15) is 5.10 Å². The highest BCUT2D eigenvalue weighted by Gasteiger charge is 2.16. The van der Waals surface area contributed by atoms with Crippen LogP contribution in [-0.2, 0) is 16.6 Å². The number of nitrogens with zero attached hydrogens (tertiary/aromatic N) is 3. The van der Waals surface area contributed by atoms with E-state index in [0.29, 0.717) is 6.54 Å². The zero-order valence-corrected chi connectivity index (χ0v) is 13.3. The number of halogens is 1. The van der Waals surface area contributed by atoms with E-state index >= 15 is 0 Å². The van der Waals surface area contributed by atoms with Gasteiger partial charge in [0.1, 0.15) is 5.60 Å². The van der Waals surface area contributed by atoms with Crippen molar-refractivity contribution < 1.29 is 9.53 Å². The summed E-state index contributed by atoms with van der Waals surface area (Å²) < 4.78 is 6.84. The Bertz CT molecular complexity index is 618. The molecule has 108 valence electrons. The molecule has 6 nitrogen and oxygen atoms in total. The van der Waals surface area contributed by atoms with E-state index in [1.165, 1.54) is 0 Å². The Morgan fingerprint density at radius 3 is 2.90 bits per heavy atom. The molecule has 0 spiro atoms. The van der Waals surface area contributed by atoms with Crippen molar-refractivity contribution in [1.29, 1.82) is 0 Å². The summed E-state index contributed by atoms with van der Waals surface area (Å²) in [7, 11) is 0. The second kappa shape index (κ2) is 5.78. The zero-order valence-electron chi connectivity index (χ0n) is 11.7. The number of ether oxygens (including phenoxy) is 1. The highest BCUT2D eigenvalue weighted by Crippen LogP contribution is 2.10. The fraction of sp³-hybridized carbons (Fsp3) is 0.462. The van der Waals surface area contributed by atoms with E-state index in [9.17, 15) is 4.79 Å². The summed E-state index contributed by atoms with van der Waals surface area (Å²) in [6.45, 7) is 5.78. The van der Waals surface area contributed by atoms with Gasteiger partial charge in [-0.25, -0.2) is 14.3 Å². The maximum Gasteiger partial charge on any atom is 0.407 e. The van der Waals surface area contributed by atoms with Gasteiger partial charge in [0.25, 0.3) is 0 Å². The van der Waals surface area contributed by atoms with Crippen LogP contribution in [0, 0.1) is 0 Å². The molecule has 0 fully saturated rings. The number of amides is 1. The Kier molecular flexibility index (Phi) is 4.27. The first-order valence-electron chi connectivity index (χ1n) is 6.23. The summed E-state index contributed by atoms with van der Waals surface area (Å²) in [5, 5.41) is 7.64. The molecule has 20 heavy (non-hydrogen) atoms. The van der Waals surface area contributed by atoms with Gasteiger partial charge in [0, 0.05) is 5.33 Å². The molecule has 0 saturated carbocycles. The number of alkyl halides is 1. The van der Waals surface area contributed by atoms with Gasteiger partial charge >= 0.3 is 6.09 Å². The van der Waals surface area contributed by atoms with Crippen LogP contribution in [0.3, 0.4) is 0 Å². The highest BCUT2D eigenvalue weighted by atomic mass is 79.9. The monoisotopic (exact) mass is 340 g/mol. The Labute approximate surface area is 125 Å². The lowest BCUT2D eigenvalue weighted by Gasteiger charge is -2.19. The van der Waals surface area contributed by atoms with Gasteiger partial charge < -0.3 is 10.1 Å². The maximum absolute atomic E-state index is 11.6. The zero-order chi connectivity index (χ0) is 14.8. The maximum atomic E-state index is 11.6. The molecule has 0 aromatic carbocycles. The normalized spacial score (nSPS) is 11.6. The van der Waals surface area contributed by atoms with Crippen LogP contribution in [0.1, 0.15) is 32.0 Å². The molecule has 0 unspecified atom stereocenters. The lowest BCUT2D eigenvalue weighted by atomic mass is 10.2. The van der Waals surface area contributed by atoms with Gasteiger partial charge in [0.2, 0.25) is 0 Å². The van der Waals surface area contributed by atoms with Gasteiger partial charge in [0.15, 0.2) is 5.65 Å². The van der Waals surface area contributed by atoms with E-state index in [0.717, 1.165) is 22.2 Å². The van der Waals surface area contributed by atoms with Crippen molar-refractivity contribution in [3.63, 3.8) is 0 Å². The summed E-state index contributed by atoms with van der Waals surface area (Å²) in [6, 6.07) is 1.94. The summed E-state index contributed by atoms with van der Waals surface area (Å²) in [5.41, 5.74) is 2.03. The van der Waals surface area contributed by atoms with Crippen LogP contribution >= 0.6 is 15.9 Å². The Morgan fingerprint density at radius 2 is 2.25 bits per heavy atom. The number of hydrogen-bond acceptors (Lipinski definition) is 4. The topological polar surface area (TPSA) is 68.5 Å². The third kappa shape index (κ3) is 3.93. The molecule has 1 amide bonds. The third-order valence-electron chi connectivity index (χ3n) is 2.39. The average Bonchev–Trinajstić information content (AvgIpc) is 2.75. The standard InChI is InChI=1S/C13H17BrN4O2/c1-13(2,3)20-12(19)15-7-10-8-18-11(17-10)4-9(5-14)6-16-18/h4,6,8H,5,7H2,1-3H3,(H,15,19). The molecular formula is C13H17BrN4O2. The van der Waals surface area contributed by atoms with E-state index in [-0.39, 0.29) is 0 Å². The van der Waals surface area contributed by atoms with E-state index in [1.807, 2.05) is 26.8 Å². The van der Waals surface area contributed by atoms with Crippen LogP contribution in [-0.4, -0.2) is 26.3 Å². The van der Waals surface area contributed by atoms with Crippen molar-refractivity contribution in [2.24, 2.45) is 0 Å². The van der Waals surface area contributed by atoms with Gasteiger partial charge in [0.05, 0.1) is 24.6 Å². The van der Waals surface area contributed by atoms with Crippen molar-refractivity contribution in [2.45, 2.75) is 38.2 Å². The molecule has 0 saturated heterocycles. The molecule has 0 aliphatic carbocycles. The van der Waals surface area contributed by atoms with Crippen molar-refractivity contribution in [1.82, 2.24) is 19.9 Å². The van der Waals surface area contributed by atoms with Crippen LogP contribution in [0.5, 0.6) is 0 Å². The average molecular weight is 341 g/mol. The number of aromatic nitrogens is 3. The molecule has 0 aliphatic heterocycles. The molecule has 0 radical (unpaired) electrons. The summed E-state index contributed by atoms with van der Waals surface area (Å²) >= 11 is 3.38. The van der Waals surface area contributed by atoms with E-state index in [4.69, 9.17) is 4.74 Å². The van der Waals surface area contributed by atoms with Crippen molar-refractivity contribution in [3.05, 3.63) is 29.7 Å². The van der Waals surface area contributed by atoms with Gasteiger partial charge in [-0.1, -0.05) is 15.9 Å². The number of carbonyl (C=O) groups is 1. The molecule has 7 heteroatoms. The van der Waals surface area contributed by atoms with Gasteiger partial charge in [-0.15, -0.1) is 0 Å². The molecule has 2 aromatic heterocycles. The largest absolute Gasteiger partial charge is 0.444 e. The lowest BCUT2D eigenvalue weighted by Crippen LogP contribution is -2.32. The first kappa shape index (κ1) is 14.8. The van der Waals surface area contributed by atoms with Gasteiger partial charge in [-0.05, 0) is 32.4 Å². The van der Waals surface area contributed by atoms with E-state index < -0.39 is 11.7 Å². The van der Waals surface area contributed by atoms with Crippen molar-refractivity contribution in [3.8, 4) is 0 Å². The highest BCUT2D eigenvalue weighted by molar-refractivity contribution is 9.08. The minimum absolute atomic E-state index is 0.307. The SMILES string of the molecule is CC(C)(C)OC(=O)NCc1cn2ncc(CBr)cc2n1. The first-order chi connectivity index (χ1) is 9.37. The molecular weight excluding hydrogens is 324 g/mol. The minimum atomic E-state index is -0.505. The number of hydrogen-bond donors (Lipinski definition) is 1. The summed E-state index contributed by atoms with van der Waals surface area (Å²) in [4.78, 5) is 16.0. The van der Waals surface area contributed by atoms with Crippen LogP contribution in [0.25, 0.3) is 5.65 Å². The molecule has 1 N–H and O–H groups in total. The molecule has 0 bridgehead atoms. The van der Waals surface area contributed by atoms with Crippen LogP contribution in [0.2, 0.25) is 0 Å². The fourth-order valence-electron chi connectivity index (χ4n) is 1.60. The van der Waals surface area contributed by atoms with Crippen molar-refractivity contribution in [2.75, 3.05) is 0 Å². The lowest BCUT2D eigenvalue weighted by molar-refractivity contribution is 0.0523. The molecule has 2 heterocycles. The predicted molar refractivity (Wildman–Crippen MR) is 78.7 cm³/mol. The predicted octanol–water partition coefficient (Wildman–Crippen LogP) is 2.65. The number of imidazole rings is 1. The summed E-state index contributed by atoms with van der Waals surface area (Å²) in [6.07, 6.45) is 3.10. The second-order valence-electron chi connectivity index (χ2n) is 5.39. The number of nitrogens with one attached hydrogen (secondary N) is 1. The molecule has 2 aromatic rings. The Morgan fingerprint density at radius 1 is 1.50 bits per heavy atom. The molecule has 0 atom stereocenters. The van der Waals surface area contributed by atoms with Crippen LogP contribution in [0.15, 0.2) is 18.5 Å². The smallest absolute Gasteiger partial charge is 0.407 e. The van der Waals surface area contributed by atoms with E-state index in [1.54, 1.807) is 16.9 Å². The first-order valence-corrected chi connectivity index (χ1v) is 7.35. The fourth-order valence-corrected chi connectivity index (χ4v) is 1.91. The number of carbonyl (C=O) groups excluding carboxylic acids is 1. The third-order valence-corrected chi connectivity index (χ3v) is 3.04. The number of fused-ring (bicyclic) bond motifs is 1.